The van der Waals surface area contributed by atoms with Gasteiger partial charge in [-0.3, -0.25) is 0 Å². The molecular formula is C21H18N2O3. The van der Waals surface area contributed by atoms with Gasteiger partial charge in [-0.1, -0.05) is 54.6 Å². The van der Waals surface area contributed by atoms with Gasteiger partial charge in [-0.05, 0) is 30.3 Å². The molecule has 0 aliphatic carbocycles. The van der Waals surface area contributed by atoms with Gasteiger partial charge in [-0.25, -0.2) is 9.69 Å². The van der Waals surface area contributed by atoms with E-state index in [4.69, 9.17) is 9.57 Å². The Morgan fingerprint density at radius 1 is 0.808 bits per heavy atom. The lowest BCUT2D eigenvalue weighted by atomic mass is 10.1. The molecule has 1 heterocycles. The van der Waals surface area contributed by atoms with Crippen LogP contribution in [0.4, 0.5) is 16.2 Å². The largest absolute Gasteiger partial charge is 0.496 e. The zero-order chi connectivity index (χ0) is 17.9. The van der Waals surface area contributed by atoms with Gasteiger partial charge >= 0.3 is 6.09 Å². The minimum atomic E-state index is -0.483. The fourth-order valence-electron chi connectivity index (χ4n) is 3.13. The molecule has 1 aliphatic heterocycles. The van der Waals surface area contributed by atoms with Crippen LogP contribution < -0.4 is 14.7 Å². The molecule has 3 aromatic carbocycles. The fraction of sp³-hybridized carbons (Fsp3) is 0.0952. The summed E-state index contributed by atoms with van der Waals surface area (Å²) in [5.74, 6) is 0.692. The van der Waals surface area contributed by atoms with Gasteiger partial charge < -0.3 is 9.57 Å². The minimum Gasteiger partial charge on any atom is -0.496 e. The third kappa shape index (κ3) is 2.73. The number of hydrogen-bond acceptors (Lipinski definition) is 4. The Balaban J connectivity index is 1.87. The third-order valence-corrected chi connectivity index (χ3v) is 4.30. The molecule has 1 atom stereocenters. The van der Waals surface area contributed by atoms with Crippen molar-refractivity contribution in [1.29, 1.82) is 0 Å². The van der Waals surface area contributed by atoms with E-state index in [0.717, 1.165) is 16.9 Å². The number of hydroxylamine groups is 1. The van der Waals surface area contributed by atoms with E-state index >= 15 is 0 Å². The summed E-state index contributed by atoms with van der Waals surface area (Å²) < 4.78 is 5.54. The van der Waals surface area contributed by atoms with Crippen molar-refractivity contribution in [2.45, 2.75) is 6.17 Å². The molecule has 0 aromatic heterocycles. The van der Waals surface area contributed by atoms with Crippen LogP contribution in [0.2, 0.25) is 0 Å². The van der Waals surface area contributed by atoms with Crippen molar-refractivity contribution in [3.8, 4) is 5.75 Å². The molecule has 1 fully saturated rings. The van der Waals surface area contributed by atoms with Crippen molar-refractivity contribution in [1.82, 2.24) is 0 Å². The second-order valence-electron chi connectivity index (χ2n) is 5.84. The normalized spacial score (nSPS) is 16.5. The SMILES string of the molecule is COc1ccccc1[C@H]1N(c2ccccc2)OC(=O)N1c1ccccc1. The highest BCUT2D eigenvalue weighted by atomic mass is 16.7. The third-order valence-electron chi connectivity index (χ3n) is 4.30. The monoisotopic (exact) mass is 346 g/mol. The average molecular weight is 346 g/mol. The van der Waals surface area contributed by atoms with E-state index in [-0.39, 0.29) is 0 Å². The van der Waals surface area contributed by atoms with E-state index in [1.165, 1.54) is 0 Å². The minimum absolute atomic E-state index is 0.434. The first-order valence-electron chi connectivity index (χ1n) is 8.33. The van der Waals surface area contributed by atoms with Gasteiger partial charge in [-0.15, -0.1) is 0 Å². The summed E-state index contributed by atoms with van der Waals surface area (Å²) in [6, 6.07) is 26.7. The van der Waals surface area contributed by atoms with Crippen LogP contribution in [-0.2, 0) is 4.84 Å². The quantitative estimate of drug-likeness (QED) is 0.682. The van der Waals surface area contributed by atoms with E-state index < -0.39 is 12.3 Å². The summed E-state index contributed by atoms with van der Waals surface area (Å²) in [5, 5.41) is 1.62. The van der Waals surface area contributed by atoms with E-state index in [0.29, 0.717) is 5.75 Å². The molecule has 130 valence electrons. The Hall–Kier alpha value is -3.47. The molecule has 26 heavy (non-hydrogen) atoms. The number of rotatable bonds is 4. The Morgan fingerprint density at radius 3 is 2.04 bits per heavy atom. The predicted molar refractivity (Wildman–Crippen MR) is 100 cm³/mol. The van der Waals surface area contributed by atoms with Gasteiger partial charge in [-0.2, -0.15) is 5.06 Å². The zero-order valence-electron chi connectivity index (χ0n) is 14.3. The van der Waals surface area contributed by atoms with Crippen LogP contribution in [0.25, 0.3) is 0 Å². The summed E-state index contributed by atoms with van der Waals surface area (Å²) in [6.07, 6.45) is -0.917. The molecule has 0 saturated carbocycles. The first kappa shape index (κ1) is 16.0. The summed E-state index contributed by atoms with van der Waals surface area (Å²) >= 11 is 0. The van der Waals surface area contributed by atoms with Crippen LogP contribution in [0.15, 0.2) is 84.9 Å². The van der Waals surface area contributed by atoms with Crippen molar-refractivity contribution < 1.29 is 14.4 Å². The molecule has 3 aromatic rings. The maximum absolute atomic E-state index is 12.8. The smallest absolute Gasteiger partial charge is 0.440 e. The van der Waals surface area contributed by atoms with Gasteiger partial charge in [0.05, 0.1) is 12.8 Å². The highest BCUT2D eigenvalue weighted by molar-refractivity contribution is 5.92. The van der Waals surface area contributed by atoms with Crippen LogP contribution in [0.1, 0.15) is 11.7 Å². The van der Waals surface area contributed by atoms with Crippen molar-refractivity contribution >= 4 is 17.5 Å². The number of methoxy groups -OCH3 is 1. The molecule has 0 bridgehead atoms. The van der Waals surface area contributed by atoms with Gasteiger partial charge in [0, 0.05) is 11.3 Å². The lowest BCUT2D eigenvalue weighted by molar-refractivity contribution is 0.164. The number of hydrogen-bond donors (Lipinski definition) is 0. The molecule has 1 aliphatic rings. The average Bonchev–Trinajstić information content (AvgIpc) is 3.06. The van der Waals surface area contributed by atoms with E-state index in [9.17, 15) is 4.79 Å². The van der Waals surface area contributed by atoms with Crippen LogP contribution >= 0.6 is 0 Å². The predicted octanol–water partition coefficient (Wildman–Crippen LogP) is 4.77. The zero-order valence-corrected chi connectivity index (χ0v) is 14.3. The van der Waals surface area contributed by atoms with Crippen molar-refractivity contribution in [2.75, 3.05) is 17.1 Å². The van der Waals surface area contributed by atoms with Gasteiger partial charge in [0.25, 0.3) is 0 Å². The number of benzene rings is 3. The molecule has 5 nitrogen and oxygen atoms in total. The van der Waals surface area contributed by atoms with E-state index in [1.807, 2.05) is 84.9 Å². The first-order chi connectivity index (χ1) is 12.8. The van der Waals surface area contributed by atoms with Crippen LogP contribution in [0.3, 0.4) is 0 Å². The van der Waals surface area contributed by atoms with Crippen LogP contribution in [0.5, 0.6) is 5.75 Å². The number of amides is 1. The lowest BCUT2D eigenvalue weighted by Gasteiger charge is -2.28. The summed E-state index contributed by atoms with van der Waals surface area (Å²) in [7, 11) is 1.62. The molecule has 0 unspecified atom stereocenters. The van der Waals surface area contributed by atoms with Gasteiger partial charge in [0.2, 0.25) is 0 Å². The Morgan fingerprint density at radius 2 is 1.38 bits per heavy atom. The second kappa shape index (κ2) is 6.80. The number of para-hydroxylation sites is 3. The Kier molecular flexibility index (Phi) is 4.19. The molecule has 1 saturated heterocycles. The van der Waals surface area contributed by atoms with Crippen molar-refractivity contribution in [3.63, 3.8) is 0 Å². The van der Waals surface area contributed by atoms with Gasteiger partial charge in [0.1, 0.15) is 5.75 Å². The Labute approximate surface area is 151 Å². The van der Waals surface area contributed by atoms with Crippen molar-refractivity contribution in [2.24, 2.45) is 0 Å². The van der Waals surface area contributed by atoms with E-state index in [1.54, 1.807) is 17.1 Å². The second-order valence-corrected chi connectivity index (χ2v) is 5.84. The highest BCUT2D eigenvalue weighted by Gasteiger charge is 2.43. The molecule has 0 radical (unpaired) electrons. The number of carbonyl (C=O) groups is 1. The number of carbonyl (C=O) groups excluding carboxylic acids is 1. The standard InChI is InChI=1S/C21H18N2O3/c1-25-19-15-9-8-14-18(19)20-22(16-10-4-2-5-11-16)21(24)26-23(20)17-12-6-3-7-13-17/h2-15,20H,1H3/t20-/m1/s1. The Bertz CT molecular complexity index is 899. The van der Waals surface area contributed by atoms with Crippen LogP contribution in [0, 0.1) is 0 Å². The molecule has 0 spiro atoms. The molecule has 4 rings (SSSR count). The fourth-order valence-corrected chi connectivity index (χ4v) is 3.13. The lowest BCUT2D eigenvalue weighted by Crippen LogP contribution is -2.32. The number of nitrogens with zero attached hydrogens (tertiary/aromatic N) is 2. The summed E-state index contributed by atoms with van der Waals surface area (Å²) in [6.45, 7) is 0. The summed E-state index contributed by atoms with van der Waals surface area (Å²) in [5.41, 5.74) is 2.38. The highest BCUT2D eigenvalue weighted by Crippen LogP contribution is 2.42. The summed E-state index contributed by atoms with van der Waals surface area (Å²) in [4.78, 5) is 20.0. The molecule has 0 N–H and O–H groups in total. The van der Waals surface area contributed by atoms with E-state index in [2.05, 4.69) is 0 Å². The van der Waals surface area contributed by atoms with Crippen molar-refractivity contribution in [3.05, 3.63) is 90.5 Å². The first-order valence-corrected chi connectivity index (χ1v) is 8.33. The van der Waals surface area contributed by atoms with Gasteiger partial charge in [0.15, 0.2) is 6.17 Å². The number of anilines is 2. The maximum Gasteiger partial charge on any atom is 0.440 e. The molecular weight excluding hydrogens is 328 g/mol. The molecule has 5 heteroatoms. The maximum atomic E-state index is 12.8. The topological polar surface area (TPSA) is 42.0 Å². The molecule has 1 amide bonds. The number of ether oxygens (including phenoxy) is 1. The van der Waals surface area contributed by atoms with Crippen LogP contribution in [-0.4, -0.2) is 13.2 Å².